The topological polar surface area (TPSA) is 27.1 Å². The molecule has 0 aromatic heterocycles. The van der Waals surface area contributed by atoms with Gasteiger partial charge in [-0.25, -0.2) is 0 Å². The second kappa shape index (κ2) is 5.18. The Kier molecular flexibility index (Phi) is 4.95. The van der Waals surface area contributed by atoms with Crippen LogP contribution < -0.4 is 0 Å². The van der Waals surface area contributed by atoms with E-state index in [0.717, 1.165) is 13.1 Å². The van der Waals surface area contributed by atoms with Crippen molar-refractivity contribution in [2.75, 3.05) is 13.1 Å². The molecular formula is C10H22N2. The van der Waals surface area contributed by atoms with Crippen LogP contribution in [0.5, 0.6) is 0 Å². The first-order chi connectivity index (χ1) is 5.43. The van der Waals surface area contributed by atoms with E-state index in [9.17, 15) is 0 Å². The highest BCUT2D eigenvalue weighted by molar-refractivity contribution is 5.76. The Morgan fingerprint density at radius 2 is 1.42 bits per heavy atom. The van der Waals surface area contributed by atoms with Gasteiger partial charge in [0.25, 0.3) is 0 Å². The lowest BCUT2D eigenvalue weighted by molar-refractivity contribution is 0.325. The summed E-state index contributed by atoms with van der Waals surface area (Å²) in [5, 5.41) is 7.56. The Hall–Kier alpha value is -0.530. The highest BCUT2D eigenvalue weighted by atomic mass is 15.2. The van der Waals surface area contributed by atoms with E-state index in [4.69, 9.17) is 5.41 Å². The van der Waals surface area contributed by atoms with Gasteiger partial charge in [-0.15, -0.1) is 0 Å². The lowest BCUT2D eigenvalue weighted by Crippen LogP contribution is -2.34. The summed E-state index contributed by atoms with van der Waals surface area (Å²) in [6, 6.07) is 0. The predicted octanol–water partition coefficient (Wildman–Crippen LogP) is 2.60. The van der Waals surface area contributed by atoms with Gasteiger partial charge < -0.3 is 4.90 Å². The van der Waals surface area contributed by atoms with Crippen molar-refractivity contribution in [3.05, 3.63) is 0 Å². The fraction of sp³-hybridized carbons (Fsp3) is 0.900. The van der Waals surface area contributed by atoms with Crippen LogP contribution in [0.15, 0.2) is 0 Å². The van der Waals surface area contributed by atoms with Gasteiger partial charge in [0.1, 0.15) is 0 Å². The molecule has 0 aliphatic rings. The molecule has 0 spiro atoms. The lowest BCUT2D eigenvalue weighted by atomic mass is 10.1. The highest BCUT2D eigenvalue weighted by Crippen LogP contribution is 2.03. The van der Waals surface area contributed by atoms with Crippen molar-refractivity contribution in [1.82, 2.24) is 4.90 Å². The van der Waals surface area contributed by atoms with Gasteiger partial charge in [0.05, 0.1) is 5.84 Å². The molecule has 0 aromatic carbocycles. The van der Waals surface area contributed by atoms with Crippen LogP contribution in [-0.4, -0.2) is 23.8 Å². The molecule has 0 rings (SSSR count). The molecule has 0 saturated carbocycles. The first kappa shape index (κ1) is 11.5. The van der Waals surface area contributed by atoms with Gasteiger partial charge in [-0.2, -0.15) is 0 Å². The number of amidine groups is 1. The second-order valence-electron chi connectivity index (χ2n) is 4.28. The van der Waals surface area contributed by atoms with Gasteiger partial charge in [0, 0.05) is 13.1 Å². The largest absolute Gasteiger partial charge is 0.360 e. The van der Waals surface area contributed by atoms with E-state index in [2.05, 4.69) is 32.6 Å². The summed E-state index contributed by atoms with van der Waals surface area (Å²) in [4.78, 5) is 2.15. The third-order valence-corrected chi connectivity index (χ3v) is 1.65. The minimum Gasteiger partial charge on any atom is -0.360 e. The molecule has 0 saturated heterocycles. The molecule has 0 amide bonds. The molecule has 0 atom stereocenters. The Bertz CT molecular complexity index is 129. The van der Waals surface area contributed by atoms with Crippen molar-refractivity contribution in [3.63, 3.8) is 0 Å². The summed E-state index contributed by atoms with van der Waals surface area (Å²) in [5.41, 5.74) is 0. The van der Waals surface area contributed by atoms with Crippen LogP contribution in [-0.2, 0) is 0 Å². The Balaban J connectivity index is 3.96. The van der Waals surface area contributed by atoms with Crippen LogP contribution in [0.2, 0.25) is 0 Å². The van der Waals surface area contributed by atoms with E-state index >= 15 is 0 Å². The molecule has 0 fully saturated rings. The maximum Gasteiger partial charge on any atom is 0.0926 e. The van der Waals surface area contributed by atoms with Crippen molar-refractivity contribution in [1.29, 1.82) is 5.41 Å². The number of hydrogen-bond donors (Lipinski definition) is 1. The zero-order valence-corrected chi connectivity index (χ0v) is 9.02. The second-order valence-corrected chi connectivity index (χ2v) is 4.28. The Labute approximate surface area is 76.5 Å². The van der Waals surface area contributed by atoms with Gasteiger partial charge in [0.2, 0.25) is 0 Å². The third-order valence-electron chi connectivity index (χ3n) is 1.65. The summed E-state index contributed by atoms with van der Waals surface area (Å²) >= 11 is 0. The molecule has 0 unspecified atom stereocenters. The van der Waals surface area contributed by atoms with Crippen molar-refractivity contribution in [2.24, 2.45) is 11.8 Å². The van der Waals surface area contributed by atoms with E-state index < -0.39 is 0 Å². The number of rotatable bonds is 4. The maximum atomic E-state index is 7.56. The lowest BCUT2D eigenvalue weighted by Gasteiger charge is -2.26. The van der Waals surface area contributed by atoms with E-state index in [0.29, 0.717) is 17.7 Å². The summed E-state index contributed by atoms with van der Waals surface area (Å²) in [5.74, 6) is 1.98. The smallest absolute Gasteiger partial charge is 0.0926 e. The predicted molar refractivity (Wildman–Crippen MR) is 54.6 cm³/mol. The molecule has 12 heavy (non-hydrogen) atoms. The van der Waals surface area contributed by atoms with Crippen molar-refractivity contribution >= 4 is 5.84 Å². The van der Waals surface area contributed by atoms with Crippen molar-refractivity contribution < 1.29 is 0 Å². The molecule has 1 N–H and O–H groups in total. The van der Waals surface area contributed by atoms with Crippen LogP contribution in [0.25, 0.3) is 0 Å². The van der Waals surface area contributed by atoms with Gasteiger partial charge in [-0.3, -0.25) is 5.41 Å². The van der Waals surface area contributed by atoms with Gasteiger partial charge >= 0.3 is 0 Å². The zero-order valence-electron chi connectivity index (χ0n) is 9.02. The van der Waals surface area contributed by atoms with Crippen LogP contribution >= 0.6 is 0 Å². The number of nitrogens with zero attached hydrogens (tertiary/aromatic N) is 1. The van der Waals surface area contributed by atoms with Crippen molar-refractivity contribution in [3.8, 4) is 0 Å². The molecule has 0 bridgehead atoms. The minimum absolute atomic E-state index is 0.643. The normalized spacial score (nSPS) is 10.9. The fourth-order valence-electron chi connectivity index (χ4n) is 1.23. The summed E-state index contributed by atoms with van der Waals surface area (Å²) < 4.78 is 0. The van der Waals surface area contributed by atoms with Gasteiger partial charge in [0.15, 0.2) is 0 Å². The standard InChI is InChI=1S/C10H22N2/c1-8(2)6-12(10(5)11)7-9(3)4/h8-9,11H,6-7H2,1-5H3. The van der Waals surface area contributed by atoms with E-state index in [1.165, 1.54) is 0 Å². The van der Waals surface area contributed by atoms with Crippen LogP contribution in [0.1, 0.15) is 34.6 Å². The highest BCUT2D eigenvalue weighted by Gasteiger charge is 2.08. The Morgan fingerprint density at radius 3 is 1.58 bits per heavy atom. The third kappa shape index (κ3) is 5.16. The molecule has 2 nitrogen and oxygen atoms in total. The van der Waals surface area contributed by atoms with E-state index in [-0.39, 0.29) is 0 Å². The van der Waals surface area contributed by atoms with Crippen LogP contribution in [0, 0.1) is 17.2 Å². The van der Waals surface area contributed by atoms with Crippen LogP contribution in [0.4, 0.5) is 0 Å². The molecule has 2 heteroatoms. The average molecular weight is 170 g/mol. The zero-order chi connectivity index (χ0) is 9.72. The Morgan fingerprint density at radius 1 is 1.08 bits per heavy atom. The molecule has 0 aliphatic heterocycles. The molecule has 0 aromatic rings. The van der Waals surface area contributed by atoms with Gasteiger partial charge in [-0.05, 0) is 18.8 Å². The average Bonchev–Trinajstić information content (AvgIpc) is 1.83. The number of hydrogen-bond acceptors (Lipinski definition) is 1. The quantitative estimate of drug-likeness (QED) is 0.509. The van der Waals surface area contributed by atoms with Crippen molar-refractivity contribution in [2.45, 2.75) is 34.6 Å². The maximum absolute atomic E-state index is 7.56. The first-order valence-corrected chi connectivity index (χ1v) is 4.73. The minimum atomic E-state index is 0.643. The summed E-state index contributed by atoms with van der Waals surface area (Å²) in [6.07, 6.45) is 0. The fourth-order valence-corrected chi connectivity index (χ4v) is 1.23. The molecular weight excluding hydrogens is 148 g/mol. The van der Waals surface area contributed by atoms with E-state index in [1.54, 1.807) is 0 Å². The van der Waals surface area contributed by atoms with Crippen LogP contribution in [0.3, 0.4) is 0 Å². The molecule has 0 aliphatic carbocycles. The first-order valence-electron chi connectivity index (χ1n) is 4.73. The monoisotopic (exact) mass is 170 g/mol. The van der Waals surface area contributed by atoms with E-state index in [1.807, 2.05) is 6.92 Å². The van der Waals surface area contributed by atoms with Gasteiger partial charge in [-0.1, -0.05) is 27.7 Å². The number of nitrogens with one attached hydrogen (secondary N) is 1. The summed E-state index contributed by atoms with van der Waals surface area (Å²) in [7, 11) is 0. The molecule has 0 radical (unpaired) electrons. The summed E-state index contributed by atoms with van der Waals surface area (Å²) in [6.45, 7) is 12.6. The molecule has 72 valence electrons. The SMILES string of the molecule is CC(=N)N(CC(C)C)CC(C)C. The molecule has 0 heterocycles.